The van der Waals surface area contributed by atoms with Crippen molar-refractivity contribution >= 4 is 0 Å². The van der Waals surface area contributed by atoms with E-state index in [0.717, 1.165) is 6.42 Å². The molecular formula is C8H17NO2. The van der Waals surface area contributed by atoms with Crippen molar-refractivity contribution in [2.24, 2.45) is 0 Å². The van der Waals surface area contributed by atoms with Crippen molar-refractivity contribution in [1.82, 2.24) is 4.90 Å². The summed E-state index contributed by atoms with van der Waals surface area (Å²) in [7, 11) is 1.95. The molecule has 1 aliphatic heterocycles. The SMILES string of the molecule is CC[C@]1(CO)C[C@@H](O)CN1C. The Morgan fingerprint density at radius 2 is 2.27 bits per heavy atom. The van der Waals surface area contributed by atoms with Gasteiger partial charge in [-0.2, -0.15) is 0 Å². The lowest BCUT2D eigenvalue weighted by Crippen LogP contribution is -2.43. The summed E-state index contributed by atoms with van der Waals surface area (Å²) in [5.74, 6) is 0. The highest BCUT2D eigenvalue weighted by Crippen LogP contribution is 2.30. The van der Waals surface area contributed by atoms with Crippen molar-refractivity contribution in [1.29, 1.82) is 0 Å². The molecule has 1 aliphatic rings. The Morgan fingerprint density at radius 1 is 1.64 bits per heavy atom. The number of nitrogens with zero attached hydrogens (tertiary/aromatic N) is 1. The number of hydrogen-bond donors (Lipinski definition) is 2. The maximum atomic E-state index is 9.34. The van der Waals surface area contributed by atoms with Crippen molar-refractivity contribution in [3.05, 3.63) is 0 Å². The second kappa shape index (κ2) is 3.09. The van der Waals surface area contributed by atoms with E-state index in [-0.39, 0.29) is 18.2 Å². The largest absolute Gasteiger partial charge is 0.394 e. The van der Waals surface area contributed by atoms with Crippen molar-refractivity contribution in [3.8, 4) is 0 Å². The Hall–Kier alpha value is -0.120. The molecule has 0 spiro atoms. The number of aliphatic hydroxyl groups is 2. The van der Waals surface area contributed by atoms with Gasteiger partial charge in [-0.1, -0.05) is 6.92 Å². The standard InChI is InChI=1S/C8H17NO2/c1-3-8(6-10)4-7(11)5-9(8)2/h7,10-11H,3-6H2,1-2H3/t7-,8-/m1/s1. The fourth-order valence-electron chi connectivity index (χ4n) is 1.88. The first-order valence-corrected chi connectivity index (χ1v) is 4.15. The van der Waals surface area contributed by atoms with Gasteiger partial charge in [-0.05, 0) is 19.9 Å². The molecule has 2 N–H and O–H groups in total. The van der Waals surface area contributed by atoms with Crippen LogP contribution in [0.5, 0.6) is 0 Å². The summed E-state index contributed by atoms with van der Waals surface area (Å²) in [5, 5.41) is 18.5. The molecule has 0 bridgehead atoms. The third-order valence-corrected chi connectivity index (χ3v) is 2.86. The van der Waals surface area contributed by atoms with Gasteiger partial charge in [0.1, 0.15) is 0 Å². The van der Waals surface area contributed by atoms with E-state index in [9.17, 15) is 5.11 Å². The zero-order chi connectivity index (χ0) is 8.48. The molecule has 0 unspecified atom stereocenters. The molecular weight excluding hydrogens is 142 g/mol. The summed E-state index contributed by atoms with van der Waals surface area (Å²) >= 11 is 0. The first-order valence-electron chi connectivity index (χ1n) is 4.15. The van der Waals surface area contributed by atoms with E-state index >= 15 is 0 Å². The van der Waals surface area contributed by atoms with E-state index in [4.69, 9.17) is 5.11 Å². The van der Waals surface area contributed by atoms with Gasteiger partial charge in [-0.15, -0.1) is 0 Å². The van der Waals surface area contributed by atoms with E-state index in [2.05, 4.69) is 4.90 Å². The molecule has 2 atom stereocenters. The van der Waals surface area contributed by atoms with Crippen molar-refractivity contribution in [2.45, 2.75) is 31.4 Å². The summed E-state index contributed by atoms with van der Waals surface area (Å²) in [4.78, 5) is 2.05. The molecule has 0 radical (unpaired) electrons. The molecule has 66 valence electrons. The van der Waals surface area contributed by atoms with Crippen molar-refractivity contribution in [3.63, 3.8) is 0 Å². The summed E-state index contributed by atoms with van der Waals surface area (Å²) in [5.41, 5.74) is -0.153. The van der Waals surface area contributed by atoms with Crippen LogP contribution in [0.15, 0.2) is 0 Å². The first kappa shape index (κ1) is 8.97. The average molecular weight is 159 g/mol. The van der Waals surface area contributed by atoms with Crippen LogP contribution in [0.2, 0.25) is 0 Å². The first-order chi connectivity index (χ1) is 5.14. The predicted octanol–water partition coefficient (Wildman–Crippen LogP) is -0.176. The van der Waals surface area contributed by atoms with Gasteiger partial charge in [0, 0.05) is 12.1 Å². The minimum Gasteiger partial charge on any atom is -0.394 e. The van der Waals surface area contributed by atoms with Crippen LogP contribution < -0.4 is 0 Å². The van der Waals surface area contributed by atoms with Crippen LogP contribution in [-0.2, 0) is 0 Å². The fourth-order valence-corrected chi connectivity index (χ4v) is 1.88. The summed E-state index contributed by atoms with van der Waals surface area (Å²) in [6, 6.07) is 0. The van der Waals surface area contributed by atoms with Crippen LogP contribution in [0.25, 0.3) is 0 Å². The number of likely N-dealkylation sites (tertiary alicyclic amines) is 1. The van der Waals surface area contributed by atoms with Gasteiger partial charge in [0.2, 0.25) is 0 Å². The Labute approximate surface area is 67.6 Å². The Morgan fingerprint density at radius 3 is 2.45 bits per heavy atom. The highest BCUT2D eigenvalue weighted by Gasteiger charge is 2.40. The van der Waals surface area contributed by atoms with Gasteiger partial charge in [-0.25, -0.2) is 0 Å². The zero-order valence-corrected chi connectivity index (χ0v) is 7.25. The fraction of sp³-hybridized carbons (Fsp3) is 1.00. The third-order valence-electron chi connectivity index (χ3n) is 2.86. The lowest BCUT2D eigenvalue weighted by atomic mass is 9.94. The zero-order valence-electron chi connectivity index (χ0n) is 7.25. The molecule has 1 fully saturated rings. The molecule has 0 aromatic carbocycles. The van der Waals surface area contributed by atoms with E-state index in [0.29, 0.717) is 13.0 Å². The molecule has 0 aliphatic carbocycles. The highest BCUT2D eigenvalue weighted by atomic mass is 16.3. The number of β-amino-alcohol motifs (C(OH)–C–C–N with tert-alkyl or cyclic N) is 1. The van der Waals surface area contributed by atoms with Crippen molar-refractivity contribution < 1.29 is 10.2 Å². The topological polar surface area (TPSA) is 43.7 Å². The molecule has 1 heterocycles. The Balaban J connectivity index is 2.67. The lowest BCUT2D eigenvalue weighted by Gasteiger charge is -2.32. The number of likely N-dealkylation sites (N-methyl/N-ethyl adjacent to an activating group) is 1. The summed E-state index contributed by atoms with van der Waals surface area (Å²) < 4.78 is 0. The summed E-state index contributed by atoms with van der Waals surface area (Å²) in [6.45, 7) is 2.89. The Kier molecular flexibility index (Phi) is 2.52. The number of rotatable bonds is 2. The monoisotopic (exact) mass is 159 g/mol. The molecule has 0 amide bonds. The smallest absolute Gasteiger partial charge is 0.0685 e. The van der Waals surface area contributed by atoms with Crippen LogP contribution in [0, 0.1) is 0 Å². The molecule has 1 rings (SSSR count). The van der Waals surface area contributed by atoms with Crippen LogP contribution in [0.4, 0.5) is 0 Å². The number of aliphatic hydroxyl groups excluding tert-OH is 2. The maximum absolute atomic E-state index is 9.34. The van der Waals surface area contributed by atoms with Gasteiger partial charge in [0.05, 0.1) is 12.7 Å². The third kappa shape index (κ3) is 1.41. The average Bonchev–Trinajstić information content (AvgIpc) is 2.27. The van der Waals surface area contributed by atoms with Crippen LogP contribution >= 0.6 is 0 Å². The molecule has 3 heteroatoms. The van der Waals surface area contributed by atoms with Crippen LogP contribution in [0.1, 0.15) is 19.8 Å². The minimum atomic E-state index is -0.257. The molecule has 1 saturated heterocycles. The van der Waals surface area contributed by atoms with Crippen molar-refractivity contribution in [2.75, 3.05) is 20.2 Å². The van der Waals surface area contributed by atoms with Gasteiger partial charge in [0.15, 0.2) is 0 Å². The maximum Gasteiger partial charge on any atom is 0.0685 e. The van der Waals surface area contributed by atoms with Crippen LogP contribution in [0.3, 0.4) is 0 Å². The summed E-state index contributed by atoms with van der Waals surface area (Å²) in [6.07, 6.45) is 1.35. The number of hydrogen-bond acceptors (Lipinski definition) is 3. The normalized spacial score (nSPS) is 39.8. The predicted molar refractivity (Wildman–Crippen MR) is 43.4 cm³/mol. The molecule has 11 heavy (non-hydrogen) atoms. The van der Waals surface area contributed by atoms with Gasteiger partial charge in [-0.3, -0.25) is 4.90 Å². The minimum absolute atomic E-state index is 0.150. The highest BCUT2D eigenvalue weighted by molar-refractivity contribution is 4.96. The van der Waals surface area contributed by atoms with Crippen LogP contribution in [-0.4, -0.2) is 47.0 Å². The second-order valence-electron chi connectivity index (χ2n) is 3.47. The van der Waals surface area contributed by atoms with E-state index < -0.39 is 0 Å². The van der Waals surface area contributed by atoms with Gasteiger partial charge < -0.3 is 10.2 Å². The van der Waals surface area contributed by atoms with E-state index in [1.54, 1.807) is 0 Å². The molecule has 3 nitrogen and oxygen atoms in total. The Bertz CT molecular complexity index is 134. The molecule has 0 aromatic heterocycles. The quantitative estimate of drug-likeness (QED) is 0.587. The van der Waals surface area contributed by atoms with E-state index in [1.807, 2.05) is 14.0 Å². The van der Waals surface area contributed by atoms with Gasteiger partial charge in [0.25, 0.3) is 0 Å². The second-order valence-corrected chi connectivity index (χ2v) is 3.47. The lowest BCUT2D eigenvalue weighted by molar-refractivity contribution is 0.0796. The molecule has 0 aromatic rings. The molecule has 0 saturated carbocycles. The van der Waals surface area contributed by atoms with E-state index in [1.165, 1.54) is 0 Å². The van der Waals surface area contributed by atoms with Gasteiger partial charge >= 0.3 is 0 Å².